The van der Waals surface area contributed by atoms with Crippen molar-refractivity contribution in [1.82, 2.24) is 4.68 Å². The molecule has 0 spiro atoms. The van der Waals surface area contributed by atoms with Gasteiger partial charge in [0.1, 0.15) is 5.82 Å². The Balaban J connectivity index is 1.95. The monoisotopic (exact) mass is 316 g/mol. The lowest BCUT2D eigenvalue weighted by molar-refractivity contribution is 0.595. The van der Waals surface area contributed by atoms with Gasteiger partial charge in [0.05, 0.1) is 10.6 Å². The van der Waals surface area contributed by atoms with Crippen molar-refractivity contribution in [2.75, 3.05) is 4.83 Å². The van der Waals surface area contributed by atoms with Crippen LogP contribution in [0, 0.1) is 5.82 Å². The second-order valence-corrected chi connectivity index (χ2v) is 6.34. The van der Waals surface area contributed by atoms with E-state index in [1.54, 1.807) is 48.7 Å². The average Bonchev–Trinajstić information content (AvgIpc) is 2.96. The molecule has 0 saturated carbocycles. The normalized spacial score (nSPS) is 11.3. The molecule has 112 valence electrons. The van der Waals surface area contributed by atoms with Crippen LogP contribution in [-0.4, -0.2) is 13.1 Å². The fraction of sp³-hybridized carbons (Fsp3) is 0. The molecule has 0 amide bonds. The molecule has 0 atom stereocenters. The van der Waals surface area contributed by atoms with E-state index in [2.05, 4.69) is 4.83 Å². The number of hydrogen-bond acceptors (Lipinski definition) is 2. The number of hydrogen-bond donors (Lipinski definition) is 1. The van der Waals surface area contributed by atoms with Crippen molar-refractivity contribution in [3.05, 3.63) is 78.7 Å². The summed E-state index contributed by atoms with van der Waals surface area (Å²) in [7, 11) is -3.68. The summed E-state index contributed by atoms with van der Waals surface area (Å²) in [5.41, 5.74) is 1.33. The minimum atomic E-state index is -3.68. The predicted molar refractivity (Wildman–Crippen MR) is 82.8 cm³/mol. The second-order valence-electron chi connectivity index (χ2n) is 4.68. The molecule has 4 nitrogen and oxygen atoms in total. The topological polar surface area (TPSA) is 51.1 Å². The van der Waals surface area contributed by atoms with E-state index in [-0.39, 0.29) is 10.7 Å². The first-order valence-electron chi connectivity index (χ1n) is 6.57. The van der Waals surface area contributed by atoms with Gasteiger partial charge in [-0.25, -0.2) is 9.22 Å². The van der Waals surface area contributed by atoms with Gasteiger partial charge in [-0.2, -0.15) is 8.42 Å². The third-order valence-corrected chi connectivity index (χ3v) is 4.49. The molecular formula is C16H13FN2O2S. The number of sulfonamides is 1. The zero-order valence-electron chi connectivity index (χ0n) is 11.5. The first kappa shape index (κ1) is 14.3. The minimum Gasteiger partial charge on any atom is -0.253 e. The van der Waals surface area contributed by atoms with E-state index in [1.807, 2.05) is 0 Å². The Labute approximate surface area is 127 Å². The summed E-state index contributed by atoms with van der Waals surface area (Å²) < 4.78 is 39.1. The summed E-state index contributed by atoms with van der Waals surface area (Å²) in [6.45, 7) is 0. The fourth-order valence-electron chi connectivity index (χ4n) is 2.10. The maximum atomic E-state index is 13.0. The lowest BCUT2D eigenvalue weighted by Gasteiger charge is -2.13. The van der Waals surface area contributed by atoms with Crippen molar-refractivity contribution in [2.45, 2.75) is 4.90 Å². The average molecular weight is 316 g/mol. The summed E-state index contributed by atoms with van der Waals surface area (Å²) in [5, 5.41) is 0. The SMILES string of the molecule is O=S(=O)(Nn1cccc1-c1ccc(F)cc1)c1ccccc1. The molecule has 2 aromatic carbocycles. The van der Waals surface area contributed by atoms with Crippen LogP contribution in [0.4, 0.5) is 4.39 Å². The number of aromatic nitrogens is 1. The maximum absolute atomic E-state index is 13.0. The van der Waals surface area contributed by atoms with Crippen LogP contribution in [0.3, 0.4) is 0 Å². The highest BCUT2D eigenvalue weighted by Gasteiger charge is 2.15. The molecule has 0 saturated heterocycles. The lowest BCUT2D eigenvalue weighted by atomic mass is 10.1. The van der Waals surface area contributed by atoms with E-state index >= 15 is 0 Å². The fourth-order valence-corrected chi connectivity index (χ4v) is 3.14. The van der Waals surface area contributed by atoms with Gasteiger partial charge in [-0.05, 0) is 48.5 Å². The Hall–Kier alpha value is -2.60. The van der Waals surface area contributed by atoms with Gasteiger partial charge >= 0.3 is 0 Å². The van der Waals surface area contributed by atoms with Crippen molar-refractivity contribution in [3.63, 3.8) is 0 Å². The minimum absolute atomic E-state index is 0.175. The van der Waals surface area contributed by atoms with Gasteiger partial charge in [0.25, 0.3) is 10.0 Å². The number of nitrogens with one attached hydrogen (secondary N) is 1. The molecule has 3 rings (SSSR count). The second kappa shape index (κ2) is 5.65. The summed E-state index contributed by atoms with van der Waals surface area (Å²) in [6, 6.07) is 17.4. The molecule has 0 aliphatic heterocycles. The number of halogens is 1. The highest BCUT2D eigenvalue weighted by molar-refractivity contribution is 7.92. The maximum Gasteiger partial charge on any atom is 0.275 e. The van der Waals surface area contributed by atoms with Crippen molar-refractivity contribution >= 4 is 10.0 Å². The van der Waals surface area contributed by atoms with Crippen LogP contribution in [-0.2, 0) is 10.0 Å². The van der Waals surface area contributed by atoms with Gasteiger partial charge in [0, 0.05) is 11.8 Å². The molecule has 22 heavy (non-hydrogen) atoms. The summed E-state index contributed by atoms with van der Waals surface area (Å²) >= 11 is 0. The molecule has 0 aliphatic carbocycles. The summed E-state index contributed by atoms with van der Waals surface area (Å²) in [6.07, 6.45) is 1.60. The van der Waals surface area contributed by atoms with Crippen LogP contribution < -0.4 is 4.83 Å². The van der Waals surface area contributed by atoms with E-state index in [0.29, 0.717) is 11.3 Å². The Bertz CT molecular complexity index is 872. The highest BCUT2D eigenvalue weighted by atomic mass is 32.2. The quantitative estimate of drug-likeness (QED) is 0.803. The molecule has 1 N–H and O–H groups in total. The molecule has 1 heterocycles. The van der Waals surface area contributed by atoms with Crippen molar-refractivity contribution in [1.29, 1.82) is 0 Å². The van der Waals surface area contributed by atoms with Gasteiger partial charge in [-0.3, -0.25) is 4.68 Å². The van der Waals surface area contributed by atoms with Gasteiger partial charge in [0.2, 0.25) is 0 Å². The van der Waals surface area contributed by atoms with Crippen LogP contribution in [0.2, 0.25) is 0 Å². The van der Waals surface area contributed by atoms with Crippen LogP contribution in [0.1, 0.15) is 0 Å². The molecule has 6 heteroatoms. The third kappa shape index (κ3) is 2.87. The van der Waals surface area contributed by atoms with Gasteiger partial charge < -0.3 is 0 Å². The van der Waals surface area contributed by atoms with Crippen LogP contribution in [0.15, 0.2) is 77.8 Å². The first-order valence-corrected chi connectivity index (χ1v) is 8.06. The molecule has 0 unspecified atom stereocenters. The van der Waals surface area contributed by atoms with Crippen LogP contribution in [0.5, 0.6) is 0 Å². The standard InChI is InChI=1S/C16H13FN2O2S/c17-14-10-8-13(9-11-14)16-7-4-12-19(16)18-22(20,21)15-5-2-1-3-6-15/h1-12,18H. The molecule has 0 bridgehead atoms. The van der Waals surface area contributed by atoms with E-state index in [9.17, 15) is 12.8 Å². The van der Waals surface area contributed by atoms with Gasteiger partial charge in [-0.15, -0.1) is 0 Å². The summed E-state index contributed by atoms with van der Waals surface area (Å²) in [5.74, 6) is -0.341. The number of nitrogens with zero attached hydrogens (tertiary/aromatic N) is 1. The molecule has 1 aromatic heterocycles. The van der Waals surface area contributed by atoms with Gasteiger partial charge in [0.15, 0.2) is 0 Å². The van der Waals surface area contributed by atoms with E-state index in [1.165, 1.54) is 28.9 Å². The predicted octanol–water partition coefficient (Wildman–Crippen LogP) is 3.23. The first-order chi connectivity index (χ1) is 10.6. The Morgan fingerprint density at radius 1 is 0.864 bits per heavy atom. The third-order valence-electron chi connectivity index (χ3n) is 3.16. The lowest BCUT2D eigenvalue weighted by Crippen LogP contribution is -2.23. The van der Waals surface area contributed by atoms with Gasteiger partial charge in [-0.1, -0.05) is 18.2 Å². The Kier molecular flexibility index (Phi) is 3.68. The number of benzene rings is 2. The largest absolute Gasteiger partial charge is 0.275 e. The van der Waals surface area contributed by atoms with Crippen molar-refractivity contribution in [3.8, 4) is 11.3 Å². The molecule has 3 aromatic rings. The Morgan fingerprint density at radius 3 is 2.23 bits per heavy atom. The van der Waals surface area contributed by atoms with E-state index in [4.69, 9.17) is 0 Å². The van der Waals surface area contributed by atoms with Crippen LogP contribution in [0.25, 0.3) is 11.3 Å². The highest BCUT2D eigenvalue weighted by Crippen LogP contribution is 2.20. The van der Waals surface area contributed by atoms with Crippen molar-refractivity contribution in [2.24, 2.45) is 0 Å². The number of rotatable bonds is 4. The smallest absolute Gasteiger partial charge is 0.253 e. The molecule has 0 radical (unpaired) electrons. The summed E-state index contributed by atoms with van der Waals surface area (Å²) in [4.78, 5) is 2.67. The van der Waals surface area contributed by atoms with Crippen molar-refractivity contribution < 1.29 is 12.8 Å². The van der Waals surface area contributed by atoms with E-state index in [0.717, 1.165) is 0 Å². The zero-order chi connectivity index (χ0) is 15.6. The van der Waals surface area contributed by atoms with E-state index < -0.39 is 10.0 Å². The molecular weight excluding hydrogens is 303 g/mol. The molecule has 0 fully saturated rings. The Morgan fingerprint density at radius 2 is 1.55 bits per heavy atom. The van der Waals surface area contributed by atoms with Crippen LogP contribution >= 0.6 is 0 Å². The molecule has 0 aliphatic rings. The zero-order valence-corrected chi connectivity index (χ0v) is 12.3.